The number of carbonyl (C=O) groups excluding carboxylic acids is 1. The zero-order valence-corrected chi connectivity index (χ0v) is 18.0. The molecule has 0 aliphatic rings. The summed E-state index contributed by atoms with van der Waals surface area (Å²) in [5.41, 5.74) is 1.45. The molecule has 5 nitrogen and oxygen atoms in total. The van der Waals surface area contributed by atoms with Gasteiger partial charge in [0, 0.05) is 20.6 Å². The average molecular weight is 418 g/mol. The topological polar surface area (TPSA) is 55.2 Å². The minimum absolute atomic E-state index is 0.0401. The van der Waals surface area contributed by atoms with Gasteiger partial charge in [0.15, 0.2) is 5.16 Å². The normalized spacial score (nSPS) is 12.2. The standard InChI is InChI=1S/C24H23N3O2S/c1-4-27-22(28)19-14-17-12-8-9-13-18(17)15-20(19)25-24(27)30-21(23(29)26(2)3)16-10-6-5-7-11-16/h5-15,21H,4H2,1-3H3. The SMILES string of the molecule is CCn1c(SC(C(=O)N(C)C)c2ccccc2)nc2cc3ccccc3cc2c1=O. The third-order valence-electron chi connectivity index (χ3n) is 5.09. The van der Waals surface area contributed by atoms with E-state index in [1.165, 1.54) is 11.8 Å². The molecule has 1 heterocycles. The van der Waals surface area contributed by atoms with Crippen LogP contribution in [-0.4, -0.2) is 34.5 Å². The maximum Gasteiger partial charge on any atom is 0.262 e. The maximum absolute atomic E-state index is 13.3. The quantitative estimate of drug-likeness (QED) is 0.273. The summed E-state index contributed by atoms with van der Waals surface area (Å²) in [7, 11) is 3.48. The van der Waals surface area contributed by atoms with Gasteiger partial charge in [-0.2, -0.15) is 0 Å². The van der Waals surface area contributed by atoms with Gasteiger partial charge in [-0.3, -0.25) is 14.2 Å². The van der Waals surface area contributed by atoms with Crippen molar-refractivity contribution in [2.75, 3.05) is 14.1 Å². The van der Waals surface area contributed by atoms with Gasteiger partial charge in [0.2, 0.25) is 5.91 Å². The third kappa shape index (κ3) is 3.71. The van der Waals surface area contributed by atoms with Crippen molar-refractivity contribution in [2.24, 2.45) is 0 Å². The second-order valence-electron chi connectivity index (χ2n) is 7.30. The van der Waals surface area contributed by atoms with Gasteiger partial charge < -0.3 is 4.90 Å². The first kappa shape index (κ1) is 20.2. The lowest BCUT2D eigenvalue weighted by Crippen LogP contribution is -2.28. The van der Waals surface area contributed by atoms with Crippen LogP contribution in [0.4, 0.5) is 0 Å². The van der Waals surface area contributed by atoms with E-state index >= 15 is 0 Å². The van der Waals surface area contributed by atoms with Gasteiger partial charge in [-0.1, -0.05) is 66.4 Å². The molecule has 0 saturated heterocycles. The summed E-state index contributed by atoms with van der Waals surface area (Å²) in [4.78, 5) is 32.6. The highest BCUT2D eigenvalue weighted by atomic mass is 32.2. The highest BCUT2D eigenvalue weighted by Gasteiger charge is 2.26. The van der Waals surface area contributed by atoms with E-state index in [1.54, 1.807) is 23.6 Å². The molecule has 30 heavy (non-hydrogen) atoms. The molecule has 1 atom stereocenters. The van der Waals surface area contributed by atoms with Crippen LogP contribution in [0.15, 0.2) is 76.7 Å². The number of thioether (sulfide) groups is 1. The first-order chi connectivity index (χ1) is 14.5. The van der Waals surface area contributed by atoms with Crippen molar-refractivity contribution in [3.8, 4) is 0 Å². The maximum atomic E-state index is 13.3. The predicted octanol–water partition coefficient (Wildman–Crippen LogP) is 4.49. The first-order valence-electron chi connectivity index (χ1n) is 9.85. The Hall–Kier alpha value is -3.12. The van der Waals surface area contributed by atoms with E-state index in [1.807, 2.05) is 73.7 Å². The van der Waals surface area contributed by atoms with E-state index in [-0.39, 0.29) is 11.5 Å². The van der Waals surface area contributed by atoms with E-state index < -0.39 is 5.25 Å². The van der Waals surface area contributed by atoms with Crippen LogP contribution >= 0.6 is 11.8 Å². The molecule has 4 aromatic rings. The molecule has 0 radical (unpaired) electrons. The molecule has 1 amide bonds. The summed E-state index contributed by atoms with van der Waals surface area (Å²) in [6, 6.07) is 21.4. The molecule has 0 aliphatic carbocycles. The Morgan fingerprint density at radius 3 is 2.30 bits per heavy atom. The fraction of sp³-hybridized carbons (Fsp3) is 0.208. The molecule has 4 rings (SSSR count). The second-order valence-corrected chi connectivity index (χ2v) is 8.37. The van der Waals surface area contributed by atoms with Gasteiger partial charge in [-0.25, -0.2) is 4.98 Å². The summed E-state index contributed by atoms with van der Waals surface area (Å²) in [6.07, 6.45) is 0. The van der Waals surface area contributed by atoms with E-state index in [0.29, 0.717) is 22.6 Å². The first-order valence-corrected chi connectivity index (χ1v) is 10.7. The average Bonchev–Trinajstić information content (AvgIpc) is 2.76. The Balaban J connectivity index is 1.88. The Morgan fingerprint density at radius 2 is 1.67 bits per heavy atom. The van der Waals surface area contributed by atoms with Crippen LogP contribution < -0.4 is 5.56 Å². The van der Waals surface area contributed by atoms with Crippen molar-refractivity contribution >= 4 is 39.3 Å². The highest BCUT2D eigenvalue weighted by Crippen LogP contribution is 2.36. The molecule has 0 spiro atoms. The second kappa shape index (κ2) is 8.32. The smallest absolute Gasteiger partial charge is 0.262 e. The Bertz CT molecular complexity index is 1280. The van der Waals surface area contributed by atoms with Crippen molar-refractivity contribution in [1.82, 2.24) is 14.5 Å². The Labute approximate surface area is 179 Å². The van der Waals surface area contributed by atoms with E-state index in [2.05, 4.69) is 0 Å². The number of likely N-dealkylation sites (N-methyl/N-ethyl adjacent to an activating group) is 1. The van der Waals surface area contributed by atoms with Gasteiger partial charge in [-0.15, -0.1) is 0 Å². The molecular weight excluding hydrogens is 394 g/mol. The van der Waals surface area contributed by atoms with Crippen molar-refractivity contribution < 1.29 is 4.79 Å². The number of hydrogen-bond donors (Lipinski definition) is 0. The zero-order chi connectivity index (χ0) is 21.3. The number of aromatic nitrogens is 2. The fourth-order valence-corrected chi connectivity index (χ4v) is 4.79. The summed E-state index contributed by atoms with van der Waals surface area (Å²) >= 11 is 1.32. The monoisotopic (exact) mass is 417 g/mol. The molecule has 0 aliphatic heterocycles. The van der Waals surface area contributed by atoms with Gasteiger partial charge >= 0.3 is 0 Å². The number of nitrogens with zero attached hydrogens (tertiary/aromatic N) is 3. The summed E-state index contributed by atoms with van der Waals surface area (Å²) in [5.74, 6) is -0.0401. The lowest BCUT2D eigenvalue weighted by molar-refractivity contribution is -0.128. The van der Waals surface area contributed by atoms with Crippen molar-refractivity contribution in [3.63, 3.8) is 0 Å². The van der Waals surface area contributed by atoms with Gasteiger partial charge in [-0.05, 0) is 35.4 Å². The molecule has 0 fully saturated rings. The number of hydrogen-bond acceptors (Lipinski definition) is 4. The van der Waals surface area contributed by atoms with E-state index in [9.17, 15) is 9.59 Å². The minimum Gasteiger partial charge on any atom is -0.348 e. The van der Waals surface area contributed by atoms with Crippen molar-refractivity contribution in [3.05, 3.63) is 82.6 Å². The summed E-state index contributed by atoms with van der Waals surface area (Å²) in [5, 5.41) is 2.70. The van der Waals surface area contributed by atoms with Gasteiger partial charge in [0.05, 0.1) is 10.9 Å². The lowest BCUT2D eigenvalue weighted by atomic mass is 10.1. The van der Waals surface area contributed by atoms with Crippen LogP contribution in [-0.2, 0) is 11.3 Å². The van der Waals surface area contributed by atoms with Crippen molar-refractivity contribution in [1.29, 1.82) is 0 Å². The van der Waals surface area contributed by atoms with Crippen LogP contribution in [0.3, 0.4) is 0 Å². The lowest BCUT2D eigenvalue weighted by Gasteiger charge is -2.21. The highest BCUT2D eigenvalue weighted by molar-refractivity contribution is 8.00. The van der Waals surface area contributed by atoms with Gasteiger partial charge in [0.1, 0.15) is 5.25 Å². The summed E-state index contributed by atoms with van der Waals surface area (Å²) in [6.45, 7) is 2.40. The number of benzene rings is 3. The fourth-order valence-electron chi connectivity index (χ4n) is 3.49. The van der Waals surface area contributed by atoms with E-state index in [4.69, 9.17) is 4.98 Å². The summed E-state index contributed by atoms with van der Waals surface area (Å²) < 4.78 is 1.65. The van der Waals surface area contributed by atoms with Crippen LogP contribution in [0, 0.1) is 0 Å². The molecule has 0 saturated carbocycles. The zero-order valence-electron chi connectivity index (χ0n) is 17.2. The van der Waals surface area contributed by atoms with Crippen LogP contribution in [0.25, 0.3) is 21.7 Å². The van der Waals surface area contributed by atoms with Crippen LogP contribution in [0.5, 0.6) is 0 Å². The number of amides is 1. The van der Waals surface area contributed by atoms with E-state index in [0.717, 1.165) is 16.3 Å². The molecule has 1 unspecified atom stereocenters. The van der Waals surface area contributed by atoms with Gasteiger partial charge in [0.25, 0.3) is 5.56 Å². The molecule has 6 heteroatoms. The number of carbonyl (C=O) groups is 1. The molecule has 152 valence electrons. The molecule has 3 aromatic carbocycles. The molecule has 1 aromatic heterocycles. The molecule has 0 N–H and O–H groups in total. The van der Waals surface area contributed by atoms with Crippen LogP contribution in [0.2, 0.25) is 0 Å². The largest absolute Gasteiger partial charge is 0.348 e. The van der Waals surface area contributed by atoms with Crippen molar-refractivity contribution in [2.45, 2.75) is 23.9 Å². The number of rotatable bonds is 5. The molecular formula is C24H23N3O2S. The Morgan fingerprint density at radius 1 is 1.03 bits per heavy atom. The minimum atomic E-state index is -0.483. The van der Waals surface area contributed by atoms with Crippen LogP contribution in [0.1, 0.15) is 17.7 Å². The Kier molecular flexibility index (Phi) is 5.59. The molecule has 0 bridgehead atoms. The third-order valence-corrected chi connectivity index (χ3v) is 6.33. The number of fused-ring (bicyclic) bond motifs is 2. The predicted molar refractivity (Wildman–Crippen MR) is 123 cm³/mol.